The fourth-order valence-corrected chi connectivity index (χ4v) is 2.15. The maximum Gasteiger partial charge on any atom is 0.410 e. The van der Waals surface area contributed by atoms with E-state index in [0.29, 0.717) is 25.5 Å². The first-order valence-electron chi connectivity index (χ1n) is 8.71. The first-order chi connectivity index (χ1) is 11.6. The third-order valence-electron chi connectivity index (χ3n) is 3.41. The second kappa shape index (κ2) is 9.30. The van der Waals surface area contributed by atoms with Gasteiger partial charge in [-0.1, -0.05) is 17.7 Å². The third-order valence-corrected chi connectivity index (χ3v) is 3.41. The first kappa shape index (κ1) is 20.8. The molecule has 25 heavy (non-hydrogen) atoms. The largest absolute Gasteiger partial charge is 0.444 e. The van der Waals surface area contributed by atoms with E-state index in [4.69, 9.17) is 10.5 Å². The van der Waals surface area contributed by atoms with E-state index in [9.17, 15) is 4.79 Å². The van der Waals surface area contributed by atoms with Crippen molar-refractivity contribution in [1.82, 2.24) is 4.90 Å². The highest BCUT2D eigenvalue weighted by molar-refractivity contribution is 5.92. The summed E-state index contributed by atoms with van der Waals surface area (Å²) in [6.07, 6.45) is 0.422. The maximum absolute atomic E-state index is 12.2. The Morgan fingerprint density at radius 3 is 2.40 bits per heavy atom. The van der Waals surface area contributed by atoms with Crippen LogP contribution >= 0.6 is 0 Å². The molecule has 0 unspecified atom stereocenters. The van der Waals surface area contributed by atoms with Crippen LogP contribution in [-0.2, 0) is 4.74 Å². The number of carbonyl (C=O) groups excluding carboxylic acids is 1. The molecule has 1 aromatic carbocycles. The number of nitrogens with one attached hydrogen (secondary N) is 1. The van der Waals surface area contributed by atoms with Crippen LogP contribution in [0.3, 0.4) is 0 Å². The van der Waals surface area contributed by atoms with E-state index in [1.54, 1.807) is 4.90 Å². The summed E-state index contributed by atoms with van der Waals surface area (Å²) in [5, 5.41) is 3.06. The van der Waals surface area contributed by atoms with Crippen LogP contribution in [-0.4, -0.2) is 41.7 Å². The van der Waals surface area contributed by atoms with Crippen molar-refractivity contribution in [3.05, 3.63) is 29.8 Å². The van der Waals surface area contributed by atoms with Gasteiger partial charge in [-0.05, 0) is 60.1 Å². The fourth-order valence-electron chi connectivity index (χ4n) is 2.15. The number of carbonyl (C=O) groups is 1. The zero-order valence-corrected chi connectivity index (χ0v) is 16.3. The standard InChI is InChI=1S/C19H32N4O2/c1-14(2)23(18(24)25-19(4,5)6)13-7-12-21-17(20)22-16-10-8-15(3)9-11-16/h8-11,14H,7,12-13H2,1-6H3,(H3,20,21,22). The van der Waals surface area contributed by atoms with Crippen LogP contribution in [0.4, 0.5) is 10.5 Å². The Balaban J connectivity index is 2.47. The Morgan fingerprint density at radius 2 is 1.88 bits per heavy atom. The predicted molar refractivity (Wildman–Crippen MR) is 104 cm³/mol. The highest BCUT2D eigenvalue weighted by Gasteiger charge is 2.23. The monoisotopic (exact) mass is 348 g/mol. The average molecular weight is 348 g/mol. The van der Waals surface area contributed by atoms with Crippen LogP contribution in [0.25, 0.3) is 0 Å². The molecule has 0 saturated carbocycles. The van der Waals surface area contributed by atoms with Crippen LogP contribution in [0, 0.1) is 6.92 Å². The molecule has 0 spiro atoms. The van der Waals surface area contributed by atoms with Crippen LogP contribution < -0.4 is 11.1 Å². The molecule has 0 saturated heterocycles. The molecule has 0 aliphatic rings. The van der Waals surface area contributed by atoms with Crippen molar-refractivity contribution in [3.63, 3.8) is 0 Å². The highest BCUT2D eigenvalue weighted by Crippen LogP contribution is 2.12. The van der Waals surface area contributed by atoms with Crippen molar-refractivity contribution in [1.29, 1.82) is 0 Å². The summed E-state index contributed by atoms with van der Waals surface area (Å²) in [4.78, 5) is 18.3. The van der Waals surface area contributed by atoms with Crippen molar-refractivity contribution in [2.75, 3.05) is 18.4 Å². The number of rotatable bonds is 6. The van der Waals surface area contributed by atoms with Gasteiger partial charge in [0, 0.05) is 24.8 Å². The minimum absolute atomic E-state index is 0.0712. The summed E-state index contributed by atoms with van der Waals surface area (Å²) in [5.74, 6) is 0.372. The Morgan fingerprint density at radius 1 is 1.28 bits per heavy atom. The minimum atomic E-state index is -0.495. The van der Waals surface area contributed by atoms with E-state index in [1.165, 1.54) is 5.56 Å². The molecule has 3 N–H and O–H groups in total. The normalized spacial score (nSPS) is 12.2. The number of benzene rings is 1. The van der Waals surface area contributed by atoms with Crippen LogP contribution in [0.1, 0.15) is 46.6 Å². The second-order valence-corrected chi connectivity index (χ2v) is 7.38. The van der Waals surface area contributed by atoms with Gasteiger partial charge in [-0.25, -0.2) is 4.79 Å². The molecule has 0 fully saturated rings. The number of hydrogen-bond acceptors (Lipinski definition) is 3. The summed E-state index contributed by atoms with van der Waals surface area (Å²) in [5.41, 5.74) is 7.50. The number of nitrogens with zero attached hydrogens (tertiary/aromatic N) is 2. The van der Waals surface area contributed by atoms with Gasteiger partial charge in [-0.3, -0.25) is 4.99 Å². The van der Waals surface area contributed by atoms with Crippen LogP contribution in [0.15, 0.2) is 29.3 Å². The summed E-state index contributed by atoms with van der Waals surface area (Å²) < 4.78 is 5.44. The topological polar surface area (TPSA) is 80.0 Å². The Kier molecular flexibility index (Phi) is 7.74. The van der Waals surface area contributed by atoms with E-state index >= 15 is 0 Å². The van der Waals surface area contributed by atoms with Crippen LogP contribution in [0.5, 0.6) is 0 Å². The van der Waals surface area contributed by atoms with Crippen LogP contribution in [0.2, 0.25) is 0 Å². The number of aliphatic imine (C=N–C) groups is 1. The summed E-state index contributed by atoms with van der Waals surface area (Å²) in [6, 6.07) is 8.01. The summed E-state index contributed by atoms with van der Waals surface area (Å²) in [7, 11) is 0. The first-order valence-corrected chi connectivity index (χ1v) is 8.71. The van der Waals surface area contributed by atoms with Gasteiger partial charge in [0.15, 0.2) is 5.96 Å². The summed E-state index contributed by atoms with van der Waals surface area (Å²) >= 11 is 0. The molecule has 1 amide bonds. The molecule has 0 atom stereocenters. The van der Waals surface area contributed by atoms with Gasteiger partial charge in [0.1, 0.15) is 5.60 Å². The van der Waals surface area contributed by atoms with E-state index in [2.05, 4.69) is 10.3 Å². The van der Waals surface area contributed by atoms with Crippen molar-refractivity contribution in [2.45, 2.75) is 59.6 Å². The number of hydrogen-bond donors (Lipinski definition) is 2. The number of aryl methyl sites for hydroxylation is 1. The number of ether oxygens (including phenoxy) is 1. The number of anilines is 1. The lowest BCUT2D eigenvalue weighted by Crippen LogP contribution is -2.41. The van der Waals surface area contributed by atoms with Gasteiger partial charge in [0.2, 0.25) is 0 Å². The number of guanidine groups is 1. The molecule has 0 aliphatic heterocycles. The molecule has 140 valence electrons. The van der Waals surface area contributed by atoms with E-state index < -0.39 is 5.60 Å². The quantitative estimate of drug-likeness (QED) is 0.466. The SMILES string of the molecule is Cc1ccc(NC(N)=NCCCN(C(=O)OC(C)(C)C)C(C)C)cc1. The number of nitrogens with two attached hydrogens (primary N) is 1. The summed E-state index contributed by atoms with van der Waals surface area (Å²) in [6.45, 7) is 12.7. The molecular formula is C19H32N4O2. The van der Waals surface area contributed by atoms with Gasteiger partial charge in [0.05, 0.1) is 0 Å². The lowest BCUT2D eigenvalue weighted by atomic mass is 10.2. The smallest absolute Gasteiger partial charge is 0.410 e. The van der Waals surface area contributed by atoms with Crippen molar-refractivity contribution < 1.29 is 9.53 Å². The van der Waals surface area contributed by atoms with Crippen molar-refractivity contribution >= 4 is 17.7 Å². The lowest BCUT2D eigenvalue weighted by molar-refractivity contribution is 0.0190. The van der Waals surface area contributed by atoms with Crippen molar-refractivity contribution in [3.8, 4) is 0 Å². The van der Waals surface area contributed by atoms with Gasteiger partial charge in [-0.15, -0.1) is 0 Å². The second-order valence-electron chi connectivity index (χ2n) is 7.38. The third kappa shape index (κ3) is 8.42. The Bertz CT molecular complexity index is 574. The minimum Gasteiger partial charge on any atom is -0.444 e. The van der Waals surface area contributed by atoms with E-state index in [0.717, 1.165) is 5.69 Å². The van der Waals surface area contributed by atoms with Gasteiger partial charge < -0.3 is 20.7 Å². The zero-order valence-electron chi connectivity index (χ0n) is 16.3. The molecule has 0 radical (unpaired) electrons. The zero-order chi connectivity index (χ0) is 19.0. The molecule has 6 heteroatoms. The van der Waals surface area contributed by atoms with Gasteiger partial charge in [-0.2, -0.15) is 0 Å². The molecule has 1 rings (SSSR count). The maximum atomic E-state index is 12.2. The molecule has 6 nitrogen and oxygen atoms in total. The highest BCUT2D eigenvalue weighted by atomic mass is 16.6. The van der Waals surface area contributed by atoms with E-state index in [-0.39, 0.29) is 12.1 Å². The lowest BCUT2D eigenvalue weighted by Gasteiger charge is -2.30. The molecule has 0 aromatic heterocycles. The fraction of sp³-hybridized carbons (Fsp3) is 0.579. The van der Waals surface area contributed by atoms with Crippen molar-refractivity contribution in [2.24, 2.45) is 10.7 Å². The molecular weight excluding hydrogens is 316 g/mol. The van der Waals surface area contributed by atoms with Gasteiger partial charge >= 0.3 is 6.09 Å². The molecule has 1 aromatic rings. The molecule has 0 aliphatic carbocycles. The molecule has 0 bridgehead atoms. The Labute approximate surface area is 151 Å². The predicted octanol–water partition coefficient (Wildman–Crippen LogP) is 3.76. The Hall–Kier alpha value is -2.24. The number of amides is 1. The molecule has 0 heterocycles. The average Bonchev–Trinajstić information content (AvgIpc) is 2.47. The van der Waals surface area contributed by atoms with Gasteiger partial charge in [0.25, 0.3) is 0 Å². The van der Waals surface area contributed by atoms with E-state index in [1.807, 2.05) is 65.8 Å².